The Kier molecular flexibility index (Phi) is 14.1. The predicted octanol–water partition coefficient (Wildman–Crippen LogP) is 9.10. The molecule has 1 unspecified atom stereocenters. The van der Waals surface area contributed by atoms with Crippen LogP contribution in [0.3, 0.4) is 0 Å². The van der Waals surface area contributed by atoms with E-state index in [0.717, 1.165) is 19.3 Å². The van der Waals surface area contributed by atoms with E-state index in [-0.39, 0.29) is 5.57 Å². The fourth-order valence-electron chi connectivity index (χ4n) is 4.40. The molecule has 0 saturated heterocycles. The van der Waals surface area contributed by atoms with Crippen LogP contribution in [0.5, 0.6) is 0 Å². The number of unbranched alkanes of at least 4 members (excludes halogenated alkanes) is 15. The summed E-state index contributed by atoms with van der Waals surface area (Å²) in [5, 5.41) is 18.0. The molecule has 31 heavy (non-hydrogen) atoms. The standard InChI is InChI=1S/C26H39F3N2/c1-2-3-4-5-6-7-8-9-10-11-12-13-14-15-16-17-18-22-19-23(20-30)24(21-31)25(22)26(27,28)29/h19,22H,2-18H2,1H3. The van der Waals surface area contributed by atoms with Gasteiger partial charge in [0.15, 0.2) is 0 Å². The first-order valence-corrected chi connectivity index (χ1v) is 12.3. The molecule has 0 aromatic heterocycles. The molecule has 0 saturated carbocycles. The lowest BCUT2D eigenvalue weighted by Gasteiger charge is -2.16. The molecule has 1 aliphatic carbocycles. The Morgan fingerprint density at radius 1 is 0.710 bits per heavy atom. The number of rotatable bonds is 17. The number of allylic oxidation sites excluding steroid dienone is 4. The minimum Gasteiger partial charge on any atom is -0.192 e. The highest BCUT2D eigenvalue weighted by Gasteiger charge is 2.44. The zero-order valence-electron chi connectivity index (χ0n) is 19.2. The minimum atomic E-state index is -4.56. The normalized spacial score (nSPS) is 16.3. The van der Waals surface area contributed by atoms with Gasteiger partial charge in [-0.2, -0.15) is 23.7 Å². The summed E-state index contributed by atoms with van der Waals surface area (Å²) in [6.45, 7) is 2.25. The Balaban J connectivity index is 2.06. The van der Waals surface area contributed by atoms with Crippen molar-refractivity contribution in [1.82, 2.24) is 0 Å². The molecule has 0 spiro atoms. The SMILES string of the molecule is CCCCCCCCCCCCCCCCCCC1C=C(C#N)C(C#N)=C1C(F)(F)F. The molecule has 0 aromatic rings. The Morgan fingerprint density at radius 3 is 1.48 bits per heavy atom. The van der Waals surface area contributed by atoms with Gasteiger partial charge in [-0.05, 0) is 6.42 Å². The molecule has 0 N–H and O–H groups in total. The lowest BCUT2D eigenvalue weighted by molar-refractivity contribution is -0.0974. The lowest BCUT2D eigenvalue weighted by atomic mass is 9.93. The van der Waals surface area contributed by atoms with Crippen LogP contribution >= 0.6 is 0 Å². The van der Waals surface area contributed by atoms with Crippen LogP contribution in [-0.2, 0) is 0 Å². The average molecular weight is 437 g/mol. The molecule has 0 amide bonds. The van der Waals surface area contributed by atoms with Gasteiger partial charge in [0.05, 0.1) is 16.7 Å². The summed E-state index contributed by atoms with van der Waals surface area (Å²) in [4.78, 5) is 0. The van der Waals surface area contributed by atoms with Crippen molar-refractivity contribution in [1.29, 1.82) is 10.5 Å². The molecule has 0 aromatic carbocycles. The predicted molar refractivity (Wildman–Crippen MR) is 120 cm³/mol. The zero-order valence-corrected chi connectivity index (χ0v) is 19.2. The van der Waals surface area contributed by atoms with E-state index in [2.05, 4.69) is 6.92 Å². The highest BCUT2D eigenvalue weighted by atomic mass is 19.4. The highest BCUT2D eigenvalue weighted by Crippen LogP contribution is 2.43. The smallest absolute Gasteiger partial charge is 0.192 e. The van der Waals surface area contributed by atoms with E-state index in [0.29, 0.717) is 12.8 Å². The van der Waals surface area contributed by atoms with Crippen molar-refractivity contribution in [3.05, 3.63) is 22.8 Å². The van der Waals surface area contributed by atoms with Crippen LogP contribution in [0.2, 0.25) is 0 Å². The molecule has 0 heterocycles. The van der Waals surface area contributed by atoms with Crippen molar-refractivity contribution in [3.8, 4) is 12.1 Å². The van der Waals surface area contributed by atoms with Crippen molar-refractivity contribution in [3.63, 3.8) is 0 Å². The van der Waals surface area contributed by atoms with E-state index < -0.39 is 23.2 Å². The van der Waals surface area contributed by atoms with Crippen LogP contribution in [0.1, 0.15) is 116 Å². The summed E-state index contributed by atoms with van der Waals surface area (Å²) in [5.74, 6) is -0.851. The van der Waals surface area contributed by atoms with Crippen LogP contribution < -0.4 is 0 Å². The van der Waals surface area contributed by atoms with Crippen LogP contribution in [-0.4, -0.2) is 6.18 Å². The second-order valence-corrected chi connectivity index (χ2v) is 8.79. The van der Waals surface area contributed by atoms with Gasteiger partial charge >= 0.3 is 6.18 Å². The monoisotopic (exact) mass is 436 g/mol. The van der Waals surface area contributed by atoms with Gasteiger partial charge in [0.25, 0.3) is 0 Å². The van der Waals surface area contributed by atoms with Gasteiger partial charge in [-0.3, -0.25) is 0 Å². The molecule has 174 valence electrons. The molecule has 0 fully saturated rings. The summed E-state index contributed by atoms with van der Waals surface area (Å²) in [6, 6.07) is 3.31. The number of nitriles is 2. The van der Waals surface area contributed by atoms with Gasteiger partial charge < -0.3 is 0 Å². The molecule has 1 rings (SSSR count). The minimum absolute atomic E-state index is 0.128. The lowest BCUT2D eigenvalue weighted by Crippen LogP contribution is -2.18. The average Bonchev–Trinajstić information content (AvgIpc) is 3.11. The molecule has 5 heteroatoms. The molecule has 0 bridgehead atoms. The van der Waals surface area contributed by atoms with Gasteiger partial charge in [0.1, 0.15) is 12.1 Å². The first-order valence-electron chi connectivity index (χ1n) is 12.3. The third kappa shape index (κ3) is 10.9. The van der Waals surface area contributed by atoms with Crippen LogP contribution in [0, 0.1) is 28.6 Å². The quantitative estimate of drug-likeness (QED) is 0.213. The second kappa shape index (κ2) is 16.0. The van der Waals surface area contributed by atoms with E-state index in [1.807, 2.05) is 0 Å². The molecular weight excluding hydrogens is 397 g/mol. The first-order chi connectivity index (χ1) is 15.0. The molecular formula is C26H39F3N2. The topological polar surface area (TPSA) is 47.6 Å². The van der Waals surface area contributed by atoms with Gasteiger partial charge in [0, 0.05) is 5.92 Å². The molecule has 0 radical (unpaired) electrons. The first kappa shape index (κ1) is 27.3. The Hall–Kier alpha value is -1.75. The van der Waals surface area contributed by atoms with Crippen LogP contribution in [0.4, 0.5) is 13.2 Å². The largest absolute Gasteiger partial charge is 0.414 e. The van der Waals surface area contributed by atoms with Crippen LogP contribution in [0.25, 0.3) is 0 Å². The molecule has 1 atom stereocenters. The Labute approximate surface area is 187 Å². The third-order valence-electron chi connectivity index (χ3n) is 6.18. The van der Waals surface area contributed by atoms with Gasteiger partial charge in [-0.1, -0.05) is 116 Å². The van der Waals surface area contributed by atoms with Crippen molar-refractivity contribution in [2.75, 3.05) is 0 Å². The number of halogens is 3. The van der Waals surface area contributed by atoms with E-state index in [1.54, 1.807) is 12.1 Å². The molecule has 1 aliphatic rings. The van der Waals surface area contributed by atoms with Crippen molar-refractivity contribution >= 4 is 0 Å². The zero-order chi connectivity index (χ0) is 23.0. The number of hydrogen-bond donors (Lipinski definition) is 0. The summed E-state index contributed by atoms with van der Waals surface area (Å²) >= 11 is 0. The molecule has 0 aliphatic heterocycles. The maximum atomic E-state index is 13.3. The van der Waals surface area contributed by atoms with Gasteiger partial charge in [0.2, 0.25) is 0 Å². The maximum Gasteiger partial charge on any atom is 0.414 e. The van der Waals surface area contributed by atoms with E-state index in [1.165, 1.54) is 83.1 Å². The summed E-state index contributed by atoms with van der Waals surface area (Å²) in [5.41, 5.74) is -1.44. The van der Waals surface area contributed by atoms with E-state index >= 15 is 0 Å². The maximum absolute atomic E-state index is 13.3. The highest BCUT2D eigenvalue weighted by molar-refractivity contribution is 5.59. The van der Waals surface area contributed by atoms with Gasteiger partial charge in [-0.25, -0.2) is 0 Å². The van der Waals surface area contributed by atoms with Crippen molar-refractivity contribution in [2.24, 2.45) is 5.92 Å². The van der Waals surface area contributed by atoms with Crippen molar-refractivity contribution < 1.29 is 13.2 Å². The van der Waals surface area contributed by atoms with Gasteiger partial charge in [-0.15, -0.1) is 0 Å². The summed E-state index contributed by atoms with van der Waals surface area (Å²) in [7, 11) is 0. The van der Waals surface area contributed by atoms with E-state index in [9.17, 15) is 13.2 Å². The van der Waals surface area contributed by atoms with E-state index in [4.69, 9.17) is 10.5 Å². The number of nitrogens with zero attached hydrogens (tertiary/aromatic N) is 2. The number of alkyl halides is 3. The van der Waals surface area contributed by atoms with Crippen molar-refractivity contribution in [2.45, 2.75) is 122 Å². The second-order valence-electron chi connectivity index (χ2n) is 8.79. The third-order valence-corrected chi connectivity index (χ3v) is 6.18. The summed E-state index contributed by atoms with van der Waals surface area (Å²) < 4.78 is 39.9. The number of hydrogen-bond acceptors (Lipinski definition) is 2. The Morgan fingerprint density at radius 2 is 1.13 bits per heavy atom. The fourth-order valence-corrected chi connectivity index (χ4v) is 4.40. The Bertz CT molecular complexity index is 647. The molecule has 2 nitrogen and oxygen atoms in total. The summed E-state index contributed by atoms with van der Waals surface area (Å²) in [6.07, 6.45) is 16.8. The fraction of sp³-hybridized carbons (Fsp3) is 0.769. The van der Waals surface area contributed by atoms with Crippen LogP contribution in [0.15, 0.2) is 22.8 Å².